The molecule has 1 saturated heterocycles. The number of ether oxygens (including phenoxy) is 3. The number of unbranched alkanes of at least 4 members (excludes halogenated alkanes) is 1. The molecule has 2 aliphatic rings. The van der Waals surface area contributed by atoms with Crippen molar-refractivity contribution < 1.29 is 57.4 Å². The number of alkyl carbamates (subject to hydrolysis) is 1. The van der Waals surface area contributed by atoms with Gasteiger partial charge in [0.15, 0.2) is 0 Å². The van der Waals surface area contributed by atoms with E-state index in [0.29, 0.717) is 61.4 Å². The van der Waals surface area contributed by atoms with Crippen LogP contribution in [0.1, 0.15) is 138 Å². The monoisotopic (exact) mass is 1220 g/mol. The molecule has 13 atom stereocenters. The zero-order chi connectivity index (χ0) is 64.5. The number of rotatable bonds is 38. The van der Waals surface area contributed by atoms with Crippen molar-refractivity contribution in [2.45, 2.75) is 188 Å². The Morgan fingerprint density at radius 2 is 1.45 bits per heavy atom. The van der Waals surface area contributed by atoms with Crippen molar-refractivity contribution in [2.24, 2.45) is 41.4 Å². The Labute approximate surface area is 518 Å². The molecule has 486 valence electrons. The number of methoxy groups -OCH3 is 2. The van der Waals surface area contributed by atoms with Crippen molar-refractivity contribution in [1.29, 1.82) is 0 Å². The van der Waals surface area contributed by atoms with E-state index in [4.69, 9.17) is 19.0 Å². The van der Waals surface area contributed by atoms with Crippen molar-refractivity contribution in [3.8, 4) is 0 Å². The molecule has 1 heterocycles. The summed E-state index contributed by atoms with van der Waals surface area (Å²) < 4.78 is 17.6. The lowest BCUT2D eigenvalue weighted by molar-refractivity contribution is -0.148. The first-order valence-electron chi connectivity index (χ1n) is 31.5. The fraction of sp³-hybridized carbons (Fsp3) is 0.667. The summed E-state index contributed by atoms with van der Waals surface area (Å²) in [7, 11) is 8.43. The molecule has 4 rings (SSSR count). The standard InChI is InChI=1S/C66H105N9O12/c1-16-19-27-49-50(28-20-17-2)51(49)40-86-66(83)67-35-34-55(76)68-45(10)62(79)69-48-32-30-47(31-33-48)39-87-72-63(80)52(37-46-25-22-21-23-26-46)70-61(78)44(9)60(85-15)53-29-24-36-75(53)56(77)38-54(84-14)59(43(8)18-3)74(13)65(82)57(41(4)5)71-64(81)58(42(6)7)73(11)12/h16,21-23,25-26,30-33,41-45,49-54,57-60H,1,17-20,24,27-29,34-40H2,2-15H3,(H,67,83)(H,68,76)(H,69,79)(H,70,78)(H,71,81)(H,72,80). The number of hydrogen-bond acceptors (Lipinski definition) is 13. The van der Waals surface area contributed by atoms with Crippen molar-refractivity contribution in [3.05, 3.63) is 78.4 Å². The van der Waals surface area contributed by atoms with E-state index in [2.05, 4.69) is 45.6 Å². The number of benzene rings is 2. The average molecular weight is 1220 g/mol. The van der Waals surface area contributed by atoms with E-state index < -0.39 is 84.1 Å². The molecule has 87 heavy (non-hydrogen) atoms. The largest absolute Gasteiger partial charge is 0.449 e. The lowest BCUT2D eigenvalue weighted by Crippen LogP contribution is -2.59. The van der Waals surface area contributed by atoms with Gasteiger partial charge in [-0.3, -0.25) is 43.3 Å². The third-order valence-corrected chi connectivity index (χ3v) is 17.4. The van der Waals surface area contributed by atoms with Gasteiger partial charge in [0.1, 0.15) is 18.1 Å². The first kappa shape index (κ1) is 73.1. The quantitative estimate of drug-likeness (QED) is 0.0288. The van der Waals surface area contributed by atoms with Crippen LogP contribution in [0.15, 0.2) is 67.3 Å². The predicted octanol–water partition coefficient (Wildman–Crippen LogP) is 7.19. The number of likely N-dealkylation sites (N-methyl/N-ethyl adjacent to an activating group) is 2. The van der Waals surface area contributed by atoms with Crippen molar-refractivity contribution >= 4 is 53.1 Å². The molecule has 2 fully saturated rings. The Morgan fingerprint density at radius 1 is 0.770 bits per heavy atom. The van der Waals surface area contributed by atoms with Gasteiger partial charge in [-0.2, -0.15) is 0 Å². The molecule has 0 aromatic heterocycles. The number of likely N-dealkylation sites (tertiary alicyclic amines) is 1. The topological polar surface area (TPSA) is 255 Å². The lowest BCUT2D eigenvalue weighted by Gasteiger charge is -2.41. The Bertz CT molecular complexity index is 2510. The highest BCUT2D eigenvalue weighted by molar-refractivity contribution is 5.97. The van der Waals surface area contributed by atoms with Gasteiger partial charge in [-0.15, -0.1) is 6.58 Å². The summed E-state index contributed by atoms with van der Waals surface area (Å²) >= 11 is 0. The van der Waals surface area contributed by atoms with Crippen LogP contribution in [0, 0.1) is 41.4 Å². The Balaban J connectivity index is 1.31. The third kappa shape index (κ3) is 22.3. The maximum atomic E-state index is 14.5. The van der Waals surface area contributed by atoms with Crippen molar-refractivity contribution in [2.75, 3.05) is 60.4 Å². The van der Waals surface area contributed by atoms with Crippen molar-refractivity contribution in [1.82, 2.24) is 41.4 Å². The van der Waals surface area contributed by atoms with Crippen LogP contribution in [0.5, 0.6) is 0 Å². The summed E-state index contributed by atoms with van der Waals surface area (Å²) in [6.07, 6.45) is 7.27. The molecule has 1 saturated carbocycles. The fourth-order valence-electron chi connectivity index (χ4n) is 12.2. The SMILES string of the molecule is C=CCCC1C(CCCC)C1COC(=O)NCCC(=O)NC(C)C(=O)Nc1ccc(CONC(=O)C(Cc2ccccc2)NC(=O)C(C)C(OC)C2CCCN2C(=O)CC(OC)C(C(C)CC)N(C)C(=O)C(NC(=O)C(C(C)C)N(C)C)C(C)C)cc1. The Morgan fingerprint density at radius 3 is 2.05 bits per heavy atom. The molecule has 21 nitrogen and oxygen atoms in total. The number of carbonyl (C=O) groups excluding carboxylic acids is 8. The van der Waals surface area contributed by atoms with Crippen LogP contribution >= 0.6 is 0 Å². The maximum absolute atomic E-state index is 14.5. The minimum absolute atomic E-state index is 0.00669. The summed E-state index contributed by atoms with van der Waals surface area (Å²) in [5.74, 6) is -2.30. The number of nitrogens with one attached hydrogen (secondary N) is 6. The second kappa shape index (κ2) is 36.8. The molecule has 13 unspecified atom stereocenters. The lowest BCUT2D eigenvalue weighted by atomic mass is 9.89. The molecule has 2 aromatic rings. The van der Waals surface area contributed by atoms with Gasteiger partial charge in [-0.05, 0) is 112 Å². The number of nitrogens with zero attached hydrogens (tertiary/aromatic N) is 3. The molecular formula is C66H105N9O12. The molecule has 8 amide bonds. The summed E-state index contributed by atoms with van der Waals surface area (Å²) in [6.45, 7) is 21.8. The van der Waals surface area contributed by atoms with Crippen LogP contribution in [0.2, 0.25) is 0 Å². The van der Waals surface area contributed by atoms with Crippen LogP contribution < -0.4 is 32.1 Å². The maximum Gasteiger partial charge on any atom is 0.407 e. The first-order chi connectivity index (χ1) is 41.4. The van der Waals surface area contributed by atoms with E-state index in [0.717, 1.165) is 37.7 Å². The number of amides is 8. The minimum atomic E-state index is -1.07. The molecule has 1 aliphatic heterocycles. The smallest absolute Gasteiger partial charge is 0.407 e. The van der Waals surface area contributed by atoms with Crippen LogP contribution in [-0.2, 0) is 65.6 Å². The van der Waals surface area contributed by atoms with E-state index in [9.17, 15) is 38.4 Å². The van der Waals surface area contributed by atoms with Crippen LogP contribution in [-0.4, -0.2) is 166 Å². The van der Waals surface area contributed by atoms with E-state index in [1.165, 1.54) is 14.2 Å². The zero-order valence-corrected chi connectivity index (χ0v) is 54.5. The Kier molecular flexibility index (Phi) is 30.9. The highest BCUT2D eigenvalue weighted by Crippen LogP contribution is 2.52. The molecule has 6 N–H and O–H groups in total. The molecular weight excluding hydrogens is 1110 g/mol. The number of carbonyl (C=O) groups is 8. The van der Waals surface area contributed by atoms with Crippen molar-refractivity contribution in [3.63, 3.8) is 0 Å². The summed E-state index contributed by atoms with van der Waals surface area (Å²) in [5.41, 5.74) is 4.41. The van der Waals surface area contributed by atoms with Gasteiger partial charge in [-0.1, -0.05) is 123 Å². The second-order valence-electron chi connectivity index (χ2n) is 24.7. The van der Waals surface area contributed by atoms with E-state index in [1.54, 1.807) is 55.0 Å². The number of hydrogen-bond donors (Lipinski definition) is 6. The minimum Gasteiger partial charge on any atom is -0.449 e. The highest BCUT2D eigenvalue weighted by Gasteiger charge is 2.49. The summed E-state index contributed by atoms with van der Waals surface area (Å²) in [4.78, 5) is 120. The fourth-order valence-corrected chi connectivity index (χ4v) is 12.2. The third-order valence-electron chi connectivity index (χ3n) is 17.4. The normalized spacial score (nSPS) is 19.5. The Hall–Kier alpha value is -6.42. The highest BCUT2D eigenvalue weighted by atomic mass is 16.7. The van der Waals surface area contributed by atoms with Gasteiger partial charge < -0.3 is 50.6 Å². The zero-order valence-electron chi connectivity index (χ0n) is 54.5. The van der Waals surface area contributed by atoms with E-state index >= 15 is 0 Å². The van der Waals surface area contributed by atoms with Gasteiger partial charge in [0, 0.05) is 52.9 Å². The second-order valence-corrected chi connectivity index (χ2v) is 24.7. The van der Waals surface area contributed by atoms with Gasteiger partial charge >= 0.3 is 6.09 Å². The molecule has 0 bridgehead atoms. The van der Waals surface area contributed by atoms with Gasteiger partial charge in [-0.25, -0.2) is 10.3 Å². The number of hydroxylamine groups is 1. The molecule has 21 heteroatoms. The number of allylic oxidation sites excluding steroid dienone is 1. The molecule has 2 aromatic carbocycles. The molecule has 1 aliphatic carbocycles. The summed E-state index contributed by atoms with van der Waals surface area (Å²) in [6, 6.07) is 11.8. The van der Waals surface area contributed by atoms with Crippen LogP contribution in [0.25, 0.3) is 0 Å². The molecule has 0 spiro atoms. The number of anilines is 1. The van der Waals surface area contributed by atoms with Gasteiger partial charge in [0.25, 0.3) is 5.91 Å². The summed E-state index contributed by atoms with van der Waals surface area (Å²) in [5, 5.41) is 14.0. The van der Waals surface area contributed by atoms with Crippen LogP contribution in [0.4, 0.5) is 10.5 Å². The van der Waals surface area contributed by atoms with Gasteiger partial charge in [0.05, 0.1) is 55.9 Å². The van der Waals surface area contributed by atoms with Gasteiger partial charge in [0.2, 0.25) is 35.4 Å². The predicted molar refractivity (Wildman–Crippen MR) is 336 cm³/mol. The first-order valence-corrected chi connectivity index (χ1v) is 31.5. The average Bonchev–Trinajstić information content (AvgIpc) is 1.81. The van der Waals surface area contributed by atoms with E-state index in [-0.39, 0.29) is 67.9 Å². The molecule has 0 radical (unpaired) electrons. The van der Waals surface area contributed by atoms with Crippen LogP contribution in [0.3, 0.4) is 0 Å². The van der Waals surface area contributed by atoms with E-state index in [1.807, 2.05) is 96.9 Å².